The van der Waals surface area contributed by atoms with Gasteiger partial charge in [-0.3, -0.25) is 0 Å². The van der Waals surface area contributed by atoms with Gasteiger partial charge in [0.25, 0.3) is 0 Å². The smallest absolute Gasteiger partial charge is 0.338 e. The molecule has 0 aromatic rings. The van der Waals surface area contributed by atoms with Crippen molar-refractivity contribution >= 4 is 5.97 Å². The van der Waals surface area contributed by atoms with Gasteiger partial charge in [-0.1, -0.05) is 19.4 Å². The van der Waals surface area contributed by atoms with E-state index in [0.717, 1.165) is 19.3 Å². The lowest BCUT2D eigenvalue weighted by atomic mass is 10.2. The van der Waals surface area contributed by atoms with Gasteiger partial charge in [0, 0.05) is 5.57 Å². The van der Waals surface area contributed by atoms with Crippen LogP contribution in [0.1, 0.15) is 40.0 Å². The van der Waals surface area contributed by atoms with Crippen molar-refractivity contribution in [3.63, 3.8) is 0 Å². The van der Waals surface area contributed by atoms with Gasteiger partial charge in [-0.15, -0.1) is 0 Å². The zero-order valence-electron chi connectivity index (χ0n) is 8.67. The van der Waals surface area contributed by atoms with Crippen molar-refractivity contribution in [1.82, 2.24) is 0 Å². The molecule has 0 saturated heterocycles. The molecule has 0 atom stereocenters. The Bertz CT molecular complexity index is 202. The molecule has 0 amide bonds. The molecule has 0 fully saturated rings. The van der Waals surface area contributed by atoms with Crippen LogP contribution in [0.3, 0.4) is 0 Å². The number of hydrogen-bond acceptors (Lipinski definition) is 2. The van der Waals surface area contributed by atoms with Crippen LogP contribution in [0.5, 0.6) is 0 Å². The van der Waals surface area contributed by atoms with E-state index >= 15 is 0 Å². The van der Waals surface area contributed by atoms with Gasteiger partial charge >= 0.3 is 5.97 Å². The second-order valence-corrected chi connectivity index (χ2v) is 2.89. The first-order chi connectivity index (χ1) is 6.22. The highest BCUT2D eigenvalue weighted by atomic mass is 16.5. The first kappa shape index (κ1) is 11.9. The van der Waals surface area contributed by atoms with Gasteiger partial charge in [0.15, 0.2) is 0 Å². The highest BCUT2D eigenvalue weighted by Gasteiger charge is 2.00. The standard InChI is InChI=1S/C11H18O2/c1-4-6-7-8-9-13-11(12)10(3)5-2/h5,8-9H,4,6-7H2,1-3H3/b9-8-,10-5-. The summed E-state index contributed by atoms with van der Waals surface area (Å²) in [6.45, 7) is 5.68. The summed E-state index contributed by atoms with van der Waals surface area (Å²) < 4.78 is 4.85. The van der Waals surface area contributed by atoms with E-state index in [4.69, 9.17) is 4.74 Å². The number of hydrogen-bond donors (Lipinski definition) is 0. The minimum atomic E-state index is -0.268. The molecule has 0 saturated carbocycles. The van der Waals surface area contributed by atoms with Gasteiger partial charge in [-0.2, -0.15) is 0 Å². The van der Waals surface area contributed by atoms with Crippen molar-refractivity contribution in [3.8, 4) is 0 Å². The van der Waals surface area contributed by atoms with Crippen LogP contribution in [-0.2, 0) is 9.53 Å². The molecule has 0 spiro atoms. The summed E-state index contributed by atoms with van der Waals surface area (Å²) in [5, 5.41) is 0. The van der Waals surface area contributed by atoms with Crippen molar-refractivity contribution in [2.24, 2.45) is 0 Å². The Balaban J connectivity index is 3.64. The lowest BCUT2D eigenvalue weighted by Gasteiger charge is -1.97. The van der Waals surface area contributed by atoms with Crippen LogP contribution in [-0.4, -0.2) is 5.97 Å². The molecule has 2 nitrogen and oxygen atoms in total. The molecule has 0 heterocycles. The van der Waals surface area contributed by atoms with Crippen molar-refractivity contribution in [1.29, 1.82) is 0 Å². The Morgan fingerprint density at radius 2 is 2.15 bits per heavy atom. The molecule has 74 valence electrons. The van der Waals surface area contributed by atoms with E-state index in [1.54, 1.807) is 13.0 Å². The zero-order chi connectivity index (χ0) is 10.1. The van der Waals surface area contributed by atoms with Crippen LogP contribution in [0.25, 0.3) is 0 Å². The second-order valence-electron chi connectivity index (χ2n) is 2.89. The number of esters is 1. The second kappa shape index (κ2) is 7.59. The quantitative estimate of drug-likeness (QED) is 0.282. The molecule has 0 rings (SSSR count). The number of carbonyl (C=O) groups excluding carboxylic acids is 1. The summed E-state index contributed by atoms with van der Waals surface area (Å²) in [6, 6.07) is 0. The van der Waals surface area contributed by atoms with Gasteiger partial charge in [-0.05, 0) is 32.8 Å². The van der Waals surface area contributed by atoms with Gasteiger partial charge < -0.3 is 4.74 Å². The Hall–Kier alpha value is -1.05. The van der Waals surface area contributed by atoms with Crippen LogP contribution < -0.4 is 0 Å². The topological polar surface area (TPSA) is 26.3 Å². The van der Waals surface area contributed by atoms with Gasteiger partial charge in [-0.25, -0.2) is 4.79 Å². The highest BCUT2D eigenvalue weighted by molar-refractivity contribution is 5.87. The van der Waals surface area contributed by atoms with Crippen molar-refractivity contribution in [2.45, 2.75) is 40.0 Å². The summed E-state index contributed by atoms with van der Waals surface area (Å²) >= 11 is 0. The third-order valence-corrected chi connectivity index (χ3v) is 1.75. The van der Waals surface area contributed by atoms with Crippen LogP contribution in [0.15, 0.2) is 24.0 Å². The Morgan fingerprint density at radius 3 is 2.69 bits per heavy atom. The van der Waals surface area contributed by atoms with Crippen LogP contribution in [0, 0.1) is 0 Å². The Kier molecular flexibility index (Phi) is 6.98. The third-order valence-electron chi connectivity index (χ3n) is 1.75. The van der Waals surface area contributed by atoms with E-state index < -0.39 is 0 Å². The normalized spacial score (nSPS) is 12.1. The van der Waals surface area contributed by atoms with Gasteiger partial charge in [0.1, 0.15) is 0 Å². The summed E-state index contributed by atoms with van der Waals surface area (Å²) in [5.41, 5.74) is 0.639. The maximum absolute atomic E-state index is 11.1. The number of allylic oxidation sites excluding steroid dienone is 2. The van der Waals surface area contributed by atoms with E-state index in [2.05, 4.69) is 6.92 Å². The maximum atomic E-state index is 11.1. The molecule has 2 heteroatoms. The van der Waals surface area contributed by atoms with Gasteiger partial charge in [0.05, 0.1) is 6.26 Å². The molecule has 0 unspecified atom stereocenters. The van der Waals surface area contributed by atoms with E-state index in [-0.39, 0.29) is 5.97 Å². The van der Waals surface area contributed by atoms with Crippen LogP contribution in [0.4, 0.5) is 0 Å². The Morgan fingerprint density at radius 1 is 1.46 bits per heavy atom. The molecule has 0 aliphatic heterocycles. The summed E-state index contributed by atoms with van der Waals surface area (Å²) in [7, 11) is 0. The first-order valence-electron chi connectivity index (χ1n) is 4.71. The molecular weight excluding hydrogens is 164 g/mol. The molecule has 0 aromatic heterocycles. The average Bonchev–Trinajstić information content (AvgIpc) is 2.16. The predicted octanol–water partition coefficient (Wildman–Crippen LogP) is 3.20. The number of ether oxygens (including phenoxy) is 1. The molecule has 0 aliphatic carbocycles. The lowest BCUT2D eigenvalue weighted by molar-refractivity contribution is -0.133. The molecule has 0 bridgehead atoms. The zero-order valence-corrected chi connectivity index (χ0v) is 8.67. The van der Waals surface area contributed by atoms with Crippen molar-refractivity contribution in [3.05, 3.63) is 24.0 Å². The average molecular weight is 182 g/mol. The van der Waals surface area contributed by atoms with E-state index in [9.17, 15) is 4.79 Å². The van der Waals surface area contributed by atoms with E-state index in [1.807, 2.05) is 13.0 Å². The van der Waals surface area contributed by atoms with Gasteiger partial charge in [0.2, 0.25) is 0 Å². The van der Waals surface area contributed by atoms with E-state index in [0.29, 0.717) is 5.57 Å². The fourth-order valence-electron chi connectivity index (χ4n) is 0.711. The maximum Gasteiger partial charge on any atom is 0.338 e. The number of unbranched alkanes of at least 4 members (excludes halogenated alkanes) is 2. The minimum Gasteiger partial charge on any atom is -0.431 e. The molecule has 0 N–H and O–H groups in total. The van der Waals surface area contributed by atoms with Crippen molar-refractivity contribution < 1.29 is 9.53 Å². The van der Waals surface area contributed by atoms with Crippen LogP contribution >= 0.6 is 0 Å². The molecule has 0 aromatic carbocycles. The predicted molar refractivity (Wildman–Crippen MR) is 54.2 cm³/mol. The lowest BCUT2D eigenvalue weighted by Crippen LogP contribution is -2.00. The largest absolute Gasteiger partial charge is 0.431 e. The summed E-state index contributed by atoms with van der Waals surface area (Å²) in [4.78, 5) is 11.1. The summed E-state index contributed by atoms with van der Waals surface area (Å²) in [5.74, 6) is -0.268. The number of carbonyl (C=O) groups is 1. The SMILES string of the molecule is C/C=C(/C)C(=O)O/C=C\CCCC. The fraction of sp³-hybridized carbons (Fsp3) is 0.545. The van der Waals surface area contributed by atoms with Crippen molar-refractivity contribution in [2.75, 3.05) is 0 Å². The summed E-state index contributed by atoms with van der Waals surface area (Å²) in [6.07, 6.45) is 8.36. The van der Waals surface area contributed by atoms with Crippen LogP contribution in [0.2, 0.25) is 0 Å². The third kappa shape index (κ3) is 6.14. The highest BCUT2D eigenvalue weighted by Crippen LogP contribution is 1.98. The fourth-order valence-corrected chi connectivity index (χ4v) is 0.711. The molecule has 0 aliphatic rings. The molecule has 0 radical (unpaired) electrons. The molecular formula is C11H18O2. The molecule has 13 heavy (non-hydrogen) atoms. The minimum absolute atomic E-state index is 0.268. The number of rotatable bonds is 5. The first-order valence-corrected chi connectivity index (χ1v) is 4.71. The Labute approximate surface area is 80.3 Å². The monoisotopic (exact) mass is 182 g/mol. The van der Waals surface area contributed by atoms with E-state index in [1.165, 1.54) is 6.26 Å².